The minimum atomic E-state index is -0.284. The first-order valence-electron chi connectivity index (χ1n) is 8.67. The highest BCUT2D eigenvalue weighted by Crippen LogP contribution is 2.56. The first-order valence-corrected chi connectivity index (χ1v) is 9.49. The van der Waals surface area contributed by atoms with Crippen molar-refractivity contribution in [3.63, 3.8) is 0 Å². The van der Waals surface area contributed by atoms with Gasteiger partial charge in [-0.15, -0.1) is 0 Å². The molecule has 1 aliphatic carbocycles. The average Bonchev–Trinajstić information content (AvgIpc) is 3.41. The number of thioether (sulfide) groups is 1. The van der Waals surface area contributed by atoms with Crippen LogP contribution < -0.4 is 5.73 Å². The molecule has 1 aliphatic heterocycles. The van der Waals surface area contributed by atoms with Gasteiger partial charge in [0.05, 0.1) is 6.04 Å². The van der Waals surface area contributed by atoms with Gasteiger partial charge in [-0.05, 0) is 49.9 Å². The highest BCUT2D eigenvalue weighted by Gasteiger charge is 2.51. The summed E-state index contributed by atoms with van der Waals surface area (Å²) in [4.78, 5) is -0.284. The Bertz CT molecular complexity index is 776. The number of hydrogen-bond acceptors (Lipinski definition) is 4. The summed E-state index contributed by atoms with van der Waals surface area (Å²) in [5.74, 6) is -0.231. The number of hydrazone groups is 1. The summed E-state index contributed by atoms with van der Waals surface area (Å²) in [5, 5.41) is 7.97. The molecule has 4 rings (SSSR count). The van der Waals surface area contributed by atoms with Crippen LogP contribution in [0.25, 0.3) is 0 Å². The van der Waals surface area contributed by atoms with Crippen LogP contribution in [0.3, 0.4) is 0 Å². The molecule has 1 atom stereocenters. The molecule has 1 fully saturated rings. The van der Waals surface area contributed by atoms with Crippen molar-refractivity contribution in [3.05, 3.63) is 77.6 Å². The van der Waals surface area contributed by atoms with Gasteiger partial charge in [0.15, 0.2) is 0 Å². The normalized spacial score (nSPS) is 23.0. The Morgan fingerprint density at radius 2 is 1.92 bits per heavy atom. The van der Waals surface area contributed by atoms with E-state index in [-0.39, 0.29) is 10.7 Å². The zero-order valence-corrected chi connectivity index (χ0v) is 14.8. The summed E-state index contributed by atoms with van der Waals surface area (Å²) in [6, 6.07) is 18.5. The molecule has 1 unspecified atom stereocenters. The van der Waals surface area contributed by atoms with Crippen LogP contribution >= 0.6 is 11.8 Å². The van der Waals surface area contributed by atoms with E-state index in [9.17, 15) is 4.39 Å². The average molecular weight is 354 g/mol. The largest absolute Gasteiger partial charge is 0.330 e. The van der Waals surface area contributed by atoms with E-state index >= 15 is 0 Å². The molecular formula is C20H21FN3S. The van der Waals surface area contributed by atoms with E-state index in [2.05, 4.69) is 29.3 Å². The second-order valence-corrected chi connectivity index (χ2v) is 7.70. The molecule has 0 bridgehead atoms. The molecule has 2 aliphatic rings. The minimum absolute atomic E-state index is 0.231. The van der Waals surface area contributed by atoms with Crippen LogP contribution in [-0.2, 0) is 4.87 Å². The smallest absolute Gasteiger partial charge is 0.135 e. The Kier molecular flexibility index (Phi) is 4.52. The first-order chi connectivity index (χ1) is 12.2. The van der Waals surface area contributed by atoms with Crippen molar-refractivity contribution in [2.45, 2.75) is 30.6 Å². The Morgan fingerprint density at radius 1 is 1.12 bits per heavy atom. The van der Waals surface area contributed by atoms with E-state index in [1.165, 1.54) is 17.7 Å². The lowest BCUT2D eigenvalue weighted by Gasteiger charge is -2.37. The summed E-state index contributed by atoms with van der Waals surface area (Å²) in [5.41, 5.74) is 7.88. The van der Waals surface area contributed by atoms with E-state index in [0.29, 0.717) is 6.54 Å². The van der Waals surface area contributed by atoms with Gasteiger partial charge in [-0.25, -0.2) is 4.39 Å². The fraction of sp³-hybridized carbons (Fsp3) is 0.300. The second kappa shape index (κ2) is 6.81. The number of benzene rings is 2. The molecule has 0 aromatic heterocycles. The van der Waals surface area contributed by atoms with Gasteiger partial charge in [-0.2, -0.15) is 5.10 Å². The number of halogens is 1. The van der Waals surface area contributed by atoms with Crippen molar-refractivity contribution in [1.82, 2.24) is 5.01 Å². The van der Waals surface area contributed by atoms with E-state index in [1.807, 2.05) is 12.1 Å². The third-order valence-corrected chi connectivity index (χ3v) is 6.05. The molecule has 0 amide bonds. The van der Waals surface area contributed by atoms with Gasteiger partial charge in [0.25, 0.3) is 0 Å². The number of nitrogens with two attached hydrogens (primary N) is 1. The highest BCUT2D eigenvalue weighted by atomic mass is 32.2. The molecular weight excluding hydrogens is 333 g/mol. The van der Waals surface area contributed by atoms with Crippen molar-refractivity contribution in [1.29, 1.82) is 0 Å². The molecule has 2 N–H and O–H groups in total. The fourth-order valence-electron chi connectivity index (χ4n) is 3.25. The van der Waals surface area contributed by atoms with Gasteiger partial charge >= 0.3 is 0 Å². The second-order valence-electron chi connectivity index (χ2n) is 6.44. The van der Waals surface area contributed by atoms with Crippen molar-refractivity contribution >= 4 is 16.8 Å². The third-order valence-electron chi connectivity index (χ3n) is 4.59. The van der Waals surface area contributed by atoms with Crippen LogP contribution in [0.4, 0.5) is 4.39 Å². The van der Waals surface area contributed by atoms with Crippen molar-refractivity contribution in [2.24, 2.45) is 10.8 Å². The molecule has 2 aromatic rings. The summed E-state index contributed by atoms with van der Waals surface area (Å²) in [6.07, 6.45) is 3.98. The van der Waals surface area contributed by atoms with Crippen molar-refractivity contribution in [2.75, 3.05) is 6.54 Å². The predicted molar refractivity (Wildman–Crippen MR) is 101 cm³/mol. The Balaban J connectivity index is 1.76. The molecule has 2 aromatic carbocycles. The lowest BCUT2D eigenvalue weighted by Crippen LogP contribution is -2.36. The molecule has 25 heavy (non-hydrogen) atoms. The van der Waals surface area contributed by atoms with Crippen molar-refractivity contribution in [3.8, 4) is 0 Å². The molecule has 0 saturated heterocycles. The maximum atomic E-state index is 13.7. The molecule has 0 spiro atoms. The summed E-state index contributed by atoms with van der Waals surface area (Å²) in [6.45, 7) is 0.646. The maximum Gasteiger partial charge on any atom is 0.135 e. The zero-order valence-electron chi connectivity index (χ0n) is 14.0. The quantitative estimate of drug-likeness (QED) is 0.833. The first kappa shape index (κ1) is 16.6. The topological polar surface area (TPSA) is 41.6 Å². The van der Waals surface area contributed by atoms with E-state index in [4.69, 9.17) is 10.8 Å². The Hall–Kier alpha value is -1.85. The number of nitrogens with zero attached hydrogens (tertiary/aromatic N) is 2. The van der Waals surface area contributed by atoms with Crippen molar-refractivity contribution < 1.29 is 4.39 Å². The standard InChI is InChI=1S/C20H21FN3S/c21-17-9-4-6-15(14-17)19-23-24(18-10-11-18)20(25-19,12-5-13-22)16-7-2-1-3-8-16/h1-4,6-9,14H,5,10-13,22H2. The predicted octanol–water partition coefficient (Wildman–Crippen LogP) is 4.45. The monoisotopic (exact) mass is 354 g/mol. The van der Waals surface area contributed by atoms with Gasteiger partial charge in [0, 0.05) is 5.56 Å². The van der Waals surface area contributed by atoms with E-state index in [1.54, 1.807) is 23.9 Å². The lowest BCUT2D eigenvalue weighted by molar-refractivity contribution is 0.206. The van der Waals surface area contributed by atoms with Gasteiger partial charge in [0.2, 0.25) is 0 Å². The van der Waals surface area contributed by atoms with E-state index < -0.39 is 0 Å². The lowest BCUT2D eigenvalue weighted by atomic mass is 10.00. The van der Waals surface area contributed by atoms with Gasteiger partial charge in [-0.3, -0.25) is 5.01 Å². The summed E-state index contributed by atoms with van der Waals surface area (Å²) >= 11 is 1.72. The summed E-state index contributed by atoms with van der Waals surface area (Å²) < 4.78 is 13.7. The van der Waals surface area contributed by atoms with Crippen LogP contribution in [0.1, 0.15) is 36.8 Å². The SMILES string of the molecule is NCCCC1(c2ccccc2)SC(c2cccc(F)c2)=NN1[C]1CC1. The van der Waals surface area contributed by atoms with Gasteiger partial charge in [-0.1, -0.05) is 54.2 Å². The van der Waals surface area contributed by atoms with Gasteiger partial charge in [0.1, 0.15) is 15.7 Å². The zero-order chi connectivity index (χ0) is 17.3. The molecule has 1 heterocycles. The van der Waals surface area contributed by atoms with Crippen LogP contribution in [0.15, 0.2) is 59.7 Å². The Morgan fingerprint density at radius 3 is 2.60 bits per heavy atom. The van der Waals surface area contributed by atoms with Crippen LogP contribution in [0, 0.1) is 11.9 Å². The van der Waals surface area contributed by atoms with Crippen LogP contribution in [0.5, 0.6) is 0 Å². The van der Waals surface area contributed by atoms with Crippen LogP contribution in [0.2, 0.25) is 0 Å². The third kappa shape index (κ3) is 3.18. The summed E-state index contributed by atoms with van der Waals surface area (Å²) in [7, 11) is 0. The molecule has 1 radical (unpaired) electrons. The molecule has 1 saturated carbocycles. The minimum Gasteiger partial charge on any atom is -0.330 e. The fourth-order valence-corrected chi connectivity index (χ4v) is 4.69. The highest BCUT2D eigenvalue weighted by molar-refractivity contribution is 8.15. The Labute approximate surface area is 152 Å². The molecule has 3 nitrogen and oxygen atoms in total. The van der Waals surface area contributed by atoms with Gasteiger partial charge < -0.3 is 5.73 Å². The molecule has 5 heteroatoms. The van der Waals surface area contributed by atoms with Crippen LogP contribution in [-0.4, -0.2) is 16.6 Å². The number of rotatable bonds is 6. The number of hydrogen-bond donors (Lipinski definition) is 1. The maximum absolute atomic E-state index is 13.7. The molecule has 129 valence electrons. The van der Waals surface area contributed by atoms with E-state index in [0.717, 1.165) is 36.3 Å².